The number of unbranched alkanes of at least 4 members (excludes halogenated alkanes) is 1. The van der Waals surface area contributed by atoms with E-state index in [0.29, 0.717) is 43.3 Å². The van der Waals surface area contributed by atoms with Crippen LogP contribution in [-0.4, -0.2) is 115 Å². The van der Waals surface area contributed by atoms with Gasteiger partial charge in [-0.2, -0.15) is 0 Å². The molecule has 12 heteroatoms. The monoisotopic (exact) mass is 623 g/mol. The van der Waals surface area contributed by atoms with Crippen LogP contribution in [-0.2, 0) is 25.5 Å². The van der Waals surface area contributed by atoms with Crippen molar-refractivity contribution in [1.29, 1.82) is 0 Å². The first-order valence-corrected chi connectivity index (χ1v) is 16.7. The third kappa shape index (κ3) is 6.31. The third-order valence-corrected chi connectivity index (χ3v) is 10.1. The number of hydrogen-bond acceptors (Lipinski definition) is 9. The number of ether oxygens (including phenoxy) is 2. The number of nitrogens with one attached hydrogen (secondary N) is 1. The van der Waals surface area contributed by atoms with E-state index < -0.39 is 23.8 Å². The first-order chi connectivity index (χ1) is 21.8. The van der Waals surface area contributed by atoms with Crippen LogP contribution in [0.1, 0.15) is 91.5 Å². The standard InChI is InChI=1S/C33H45N5O7/c1-3-5-18-44-33(43)37-12-10-22(11-13-37)45-23-19-21(20-23)35-14-16-36(17-15-35)26-7-6-25-29(24(26)4-2)32(42)38(31(25)41)27-8-9-28(39)34-30(27)40/h6-7,21-23,27H,3-5,8-20H2,1-2H3,(H,34,39,40). The highest BCUT2D eigenvalue weighted by Crippen LogP contribution is 2.37. The minimum absolute atomic E-state index is 0.102. The van der Waals surface area contributed by atoms with Gasteiger partial charge in [-0.1, -0.05) is 20.3 Å². The fraction of sp³-hybridized carbons (Fsp3) is 0.667. The number of piperidine rings is 2. The summed E-state index contributed by atoms with van der Waals surface area (Å²) in [5.41, 5.74) is 2.54. The van der Waals surface area contributed by atoms with Crippen molar-refractivity contribution in [2.75, 3.05) is 50.8 Å². The van der Waals surface area contributed by atoms with E-state index >= 15 is 0 Å². The minimum atomic E-state index is -0.964. The molecule has 1 saturated carbocycles. The molecule has 4 fully saturated rings. The highest BCUT2D eigenvalue weighted by Gasteiger charge is 2.46. The van der Waals surface area contributed by atoms with Gasteiger partial charge in [0.25, 0.3) is 11.8 Å². The Labute approximate surface area is 264 Å². The van der Waals surface area contributed by atoms with Gasteiger partial charge < -0.3 is 19.3 Å². The Morgan fingerprint density at radius 3 is 2.31 bits per heavy atom. The third-order valence-electron chi connectivity index (χ3n) is 10.1. The number of carbonyl (C=O) groups is 5. The molecule has 5 aliphatic rings. The molecule has 4 aliphatic heterocycles. The van der Waals surface area contributed by atoms with Crippen molar-refractivity contribution in [2.45, 2.75) is 95.9 Å². The second kappa shape index (κ2) is 13.5. The molecule has 1 aromatic carbocycles. The molecular formula is C33H45N5O7. The molecule has 1 aliphatic carbocycles. The van der Waals surface area contributed by atoms with Crippen LogP contribution < -0.4 is 10.2 Å². The summed E-state index contributed by atoms with van der Waals surface area (Å²) in [6.07, 6.45) is 6.73. The molecule has 0 spiro atoms. The molecule has 0 bridgehead atoms. The highest BCUT2D eigenvalue weighted by atomic mass is 16.6. The Balaban J connectivity index is 0.987. The normalized spacial score (nSPS) is 26.2. The van der Waals surface area contributed by atoms with Gasteiger partial charge in [0.1, 0.15) is 6.04 Å². The molecule has 45 heavy (non-hydrogen) atoms. The van der Waals surface area contributed by atoms with Crippen molar-refractivity contribution in [3.05, 3.63) is 28.8 Å². The number of benzene rings is 1. The van der Waals surface area contributed by atoms with Crippen LogP contribution in [0.4, 0.5) is 10.5 Å². The summed E-state index contributed by atoms with van der Waals surface area (Å²) < 4.78 is 11.7. The van der Waals surface area contributed by atoms with E-state index in [1.54, 1.807) is 11.0 Å². The Hall–Kier alpha value is -3.51. The van der Waals surface area contributed by atoms with Gasteiger partial charge in [0.15, 0.2) is 0 Å². The number of likely N-dealkylation sites (tertiary alicyclic amines) is 1. The predicted octanol–water partition coefficient (Wildman–Crippen LogP) is 2.72. The maximum absolute atomic E-state index is 13.6. The molecule has 6 rings (SSSR count). The SMILES string of the molecule is CCCCOC(=O)N1CCC(OC2CC(N3CCN(c4ccc5c(c4CC)C(=O)N(C4CCC(=O)NC4=O)C5=O)CC3)C2)CC1. The van der Waals surface area contributed by atoms with Crippen LogP contribution in [0.2, 0.25) is 0 Å². The van der Waals surface area contributed by atoms with Gasteiger partial charge >= 0.3 is 6.09 Å². The van der Waals surface area contributed by atoms with Gasteiger partial charge in [-0.15, -0.1) is 0 Å². The largest absolute Gasteiger partial charge is 0.449 e. The molecule has 1 unspecified atom stereocenters. The molecular weight excluding hydrogens is 578 g/mol. The summed E-state index contributed by atoms with van der Waals surface area (Å²) in [6, 6.07) is 3.19. The molecule has 1 aromatic rings. The van der Waals surface area contributed by atoms with Gasteiger partial charge in [0.05, 0.1) is 29.9 Å². The Kier molecular flexibility index (Phi) is 9.41. The van der Waals surface area contributed by atoms with E-state index in [4.69, 9.17) is 9.47 Å². The van der Waals surface area contributed by atoms with E-state index in [-0.39, 0.29) is 37.0 Å². The van der Waals surface area contributed by atoms with Crippen LogP contribution >= 0.6 is 0 Å². The van der Waals surface area contributed by atoms with E-state index in [0.717, 1.165) is 80.9 Å². The van der Waals surface area contributed by atoms with Crippen LogP contribution in [0.5, 0.6) is 0 Å². The summed E-state index contributed by atoms with van der Waals surface area (Å²) in [5, 5.41) is 2.26. The van der Waals surface area contributed by atoms with Crippen molar-refractivity contribution in [2.24, 2.45) is 0 Å². The number of amides is 5. The van der Waals surface area contributed by atoms with Crippen molar-refractivity contribution in [1.82, 2.24) is 20.0 Å². The fourth-order valence-corrected chi connectivity index (χ4v) is 7.38. The van der Waals surface area contributed by atoms with Crippen molar-refractivity contribution < 1.29 is 33.4 Å². The van der Waals surface area contributed by atoms with Crippen molar-refractivity contribution in [3.63, 3.8) is 0 Å². The average Bonchev–Trinajstić information content (AvgIpc) is 3.28. The van der Waals surface area contributed by atoms with E-state index in [1.165, 1.54) is 0 Å². The van der Waals surface area contributed by atoms with Crippen LogP contribution in [0, 0.1) is 0 Å². The van der Waals surface area contributed by atoms with E-state index in [9.17, 15) is 24.0 Å². The molecule has 0 radical (unpaired) electrons. The number of hydrogen-bond donors (Lipinski definition) is 1. The van der Waals surface area contributed by atoms with Crippen LogP contribution in [0.15, 0.2) is 12.1 Å². The van der Waals surface area contributed by atoms with Crippen molar-refractivity contribution in [3.8, 4) is 0 Å². The van der Waals surface area contributed by atoms with Gasteiger partial charge in [-0.3, -0.25) is 34.3 Å². The van der Waals surface area contributed by atoms with Gasteiger partial charge in [0.2, 0.25) is 11.8 Å². The average molecular weight is 624 g/mol. The summed E-state index contributed by atoms with van der Waals surface area (Å²) in [7, 11) is 0. The van der Waals surface area contributed by atoms with Gasteiger partial charge in [-0.05, 0) is 62.6 Å². The summed E-state index contributed by atoms with van der Waals surface area (Å²) >= 11 is 0. The van der Waals surface area contributed by atoms with Crippen LogP contribution in [0.25, 0.3) is 0 Å². The number of nitrogens with zero attached hydrogens (tertiary/aromatic N) is 4. The lowest BCUT2D eigenvalue weighted by Crippen LogP contribution is -2.56. The van der Waals surface area contributed by atoms with Crippen LogP contribution in [0.3, 0.4) is 0 Å². The first kappa shape index (κ1) is 31.5. The zero-order valence-electron chi connectivity index (χ0n) is 26.4. The Morgan fingerprint density at radius 1 is 0.911 bits per heavy atom. The second-order valence-corrected chi connectivity index (χ2v) is 12.8. The zero-order chi connectivity index (χ0) is 31.7. The molecule has 0 aromatic heterocycles. The number of fused-ring (bicyclic) bond motifs is 1. The van der Waals surface area contributed by atoms with E-state index in [2.05, 4.69) is 22.0 Å². The predicted molar refractivity (Wildman–Crippen MR) is 165 cm³/mol. The number of imide groups is 2. The first-order valence-electron chi connectivity index (χ1n) is 16.7. The minimum Gasteiger partial charge on any atom is -0.449 e. The maximum atomic E-state index is 13.6. The van der Waals surface area contributed by atoms with Gasteiger partial charge in [0, 0.05) is 57.4 Å². The Morgan fingerprint density at radius 2 is 1.64 bits per heavy atom. The maximum Gasteiger partial charge on any atom is 0.409 e. The molecule has 1 N–H and O–H groups in total. The summed E-state index contributed by atoms with van der Waals surface area (Å²) in [4.78, 5) is 70.9. The molecule has 244 valence electrons. The fourth-order valence-electron chi connectivity index (χ4n) is 7.38. The molecule has 4 heterocycles. The highest BCUT2D eigenvalue weighted by molar-refractivity contribution is 6.24. The smallest absolute Gasteiger partial charge is 0.409 e. The number of carbonyl (C=O) groups excluding carboxylic acids is 5. The lowest BCUT2D eigenvalue weighted by Gasteiger charge is -2.48. The van der Waals surface area contributed by atoms with Gasteiger partial charge in [-0.25, -0.2) is 4.79 Å². The van der Waals surface area contributed by atoms with Crippen molar-refractivity contribution >= 4 is 35.4 Å². The molecule has 3 saturated heterocycles. The Bertz CT molecular complexity index is 1330. The number of piperazine rings is 1. The number of anilines is 1. The number of rotatable bonds is 9. The van der Waals surface area contributed by atoms with E-state index in [1.807, 2.05) is 13.0 Å². The zero-order valence-corrected chi connectivity index (χ0v) is 26.4. The second-order valence-electron chi connectivity index (χ2n) is 12.8. The summed E-state index contributed by atoms with van der Waals surface area (Å²) in [5.74, 6) is -1.89. The topological polar surface area (TPSA) is 129 Å². The lowest BCUT2D eigenvalue weighted by molar-refractivity contribution is -0.136. The quantitative estimate of drug-likeness (QED) is 0.326. The molecule has 5 amide bonds. The summed E-state index contributed by atoms with van der Waals surface area (Å²) in [6.45, 7) is 9.38. The molecule has 12 nitrogen and oxygen atoms in total. The lowest BCUT2D eigenvalue weighted by atomic mass is 9.87. The molecule has 1 atom stereocenters.